The Kier molecular flexibility index (Phi) is 7.64. The molecule has 1 aromatic rings. The maximum Gasteiger partial charge on any atom is 0.337 e. The number of sulfonamides is 1. The maximum atomic E-state index is 11.9. The molecule has 1 aliphatic rings. The van der Waals surface area contributed by atoms with E-state index in [1.807, 2.05) is 4.90 Å². The van der Waals surface area contributed by atoms with Gasteiger partial charge in [0.25, 0.3) is 0 Å². The lowest BCUT2D eigenvalue weighted by molar-refractivity contribution is -0.122. The monoisotopic (exact) mass is 412 g/mol. The molecule has 0 spiro atoms. The molecule has 28 heavy (non-hydrogen) atoms. The highest BCUT2D eigenvalue weighted by Gasteiger charge is 2.21. The predicted octanol–water partition coefficient (Wildman–Crippen LogP) is 0.795. The zero-order chi connectivity index (χ0) is 20.7. The van der Waals surface area contributed by atoms with Crippen LogP contribution >= 0.6 is 0 Å². The molecule has 2 rings (SSSR count). The molecule has 1 amide bonds. The lowest BCUT2D eigenvalue weighted by atomic mass is 10.1. The molecule has 1 aliphatic heterocycles. The van der Waals surface area contributed by atoms with Crippen molar-refractivity contribution in [2.75, 3.05) is 55.1 Å². The Bertz CT molecular complexity index is 804. The number of aromatic carboxylic acids is 1. The van der Waals surface area contributed by atoms with Crippen LogP contribution in [0, 0.1) is 0 Å². The minimum absolute atomic E-state index is 0.0197. The van der Waals surface area contributed by atoms with Crippen molar-refractivity contribution in [2.45, 2.75) is 19.8 Å². The van der Waals surface area contributed by atoms with Crippen LogP contribution in [0.1, 0.15) is 30.1 Å². The Labute approximate surface area is 165 Å². The zero-order valence-corrected chi connectivity index (χ0v) is 17.1. The smallest absolute Gasteiger partial charge is 0.337 e. The fourth-order valence-corrected chi connectivity index (χ4v) is 3.60. The first-order valence-corrected chi connectivity index (χ1v) is 11.2. The van der Waals surface area contributed by atoms with Crippen LogP contribution in [-0.4, -0.2) is 75.8 Å². The topological polar surface area (TPSA) is 119 Å². The van der Waals surface area contributed by atoms with Gasteiger partial charge in [-0.15, -0.1) is 0 Å². The number of rotatable bonds is 9. The van der Waals surface area contributed by atoms with Gasteiger partial charge in [-0.2, -0.15) is 0 Å². The Morgan fingerprint density at radius 2 is 1.86 bits per heavy atom. The van der Waals surface area contributed by atoms with Crippen LogP contribution in [-0.2, 0) is 14.8 Å². The minimum Gasteiger partial charge on any atom is -0.478 e. The molecule has 0 atom stereocenters. The number of anilines is 2. The standard InChI is InChI=1S/C18H28N4O5S/c1-3-4-7-19-17(23)13-21-8-10-22(11-9-21)14-5-6-16(20-28(2,26)27)15(12-14)18(24)25/h5-6,12,20H,3-4,7-11,13H2,1-2H3,(H,19,23)(H,24,25). The number of unbranched alkanes of at least 4 members (excludes halogenated alkanes) is 1. The summed E-state index contributed by atoms with van der Waals surface area (Å²) >= 11 is 0. The van der Waals surface area contributed by atoms with Crippen LogP contribution in [0.2, 0.25) is 0 Å². The van der Waals surface area contributed by atoms with Gasteiger partial charge >= 0.3 is 5.97 Å². The van der Waals surface area contributed by atoms with E-state index in [1.165, 1.54) is 12.1 Å². The van der Waals surface area contributed by atoms with Crippen molar-refractivity contribution in [3.05, 3.63) is 23.8 Å². The van der Waals surface area contributed by atoms with Crippen LogP contribution in [0.15, 0.2) is 18.2 Å². The van der Waals surface area contributed by atoms with E-state index < -0.39 is 16.0 Å². The van der Waals surface area contributed by atoms with Crippen LogP contribution in [0.5, 0.6) is 0 Å². The molecule has 0 aliphatic carbocycles. The normalized spacial score (nSPS) is 15.3. The van der Waals surface area contributed by atoms with E-state index in [9.17, 15) is 23.1 Å². The van der Waals surface area contributed by atoms with Crippen molar-refractivity contribution in [1.29, 1.82) is 0 Å². The van der Waals surface area contributed by atoms with Crippen LogP contribution in [0.4, 0.5) is 11.4 Å². The molecule has 1 fully saturated rings. The minimum atomic E-state index is -3.57. The SMILES string of the molecule is CCCCNC(=O)CN1CCN(c2ccc(NS(C)(=O)=O)c(C(=O)O)c2)CC1. The Balaban J connectivity index is 1.97. The van der Waals surface area contributed by atoms with E-state index in [0.29, 0.717) is 45.0 Å². The van der Waals surface area contributed by atoms with Crippen molar-refractivity contribution in [1.82, 2.24) is 10.2 Å². The van der Waals surface area contributed by atoms with Gasteiger partial charge in [-0.1, -0.05) is 13.3 Å². The van der Waals surface area contributed by atoms with E-state index in [4.69, 9.17) is 0 Å². The molecular weight excluding hydrogens is 384 g/mol. The second kappa shape index (κ2) is 9.74. The van der Waals surface area contributed by atoms with Gasteiger partial charge in [0.1, 0.15) is 0 Å². The Hall–Kier alpha value is -2.33. The van der Waals surface area contributed by atoms with Crippen LogP contribution in [0.3, 0.4) is 0 Å². The Morgan fingerprint density at radius 3 is 2.43 bits per heavy atom. The summed E-state index contributed by atoms with van der Waals surface area (Å²) < 4.78 is 25.1. The first-order chi connectivity index (χ1) is 13.2. The number of carboxylic acids is 1. The number of amides is 1. The molecule has 3 N–H and O–H groups in total. The molecule has 0 aromatic heterocycles. The van der Waals surface area contributed by atoms with Gasteiger partial charge in [-0.05, 0) is 24.6 Å². The van der Waals surface area contributed by atoms with Crippen LogP contribution < -0.4 is 14.9 Å². The number of carbonyl (C=O) groups is 2. The van der Waals surface area contributed by atoms with Gasteiger partial charge < -0.3 is 15.3 Å². The van der Waals surface area contributed by atoms with Crippen molar-refractivity contribution < 1.29 is 23.1 Å². The van der Waals surface area contributed by atoms with Crippen molar-refractivity contribution >= 4 is 33.3 Å². The summed E-state index contributed by atoms with van der Waals surface area (Å²) in [7, 11) is -3.57. The van der Waals surface area contributed by atoms with Gasteiger partial charge in [0.2, 0.25) is 15.9 Å². The lowest BCUT2D eigenvalue weighted by Gasteiger charge is -2.36. The summed E-state index contributed by atoms with van der Waals surface area (Å²) in [6.07, 6.45) is 2.98. The molecule has 0 saturated carbocycles. The highest BCUT2D eigenvalue weighted by atomic mass is 32.2. The van der Waals surface area contributed by atoms with Gasteiger partial charge in [0.15, 0.2) is 0 Å². The quantitative estimate of drug-likeness (QED) is 0.513. The molecule has 0 radical (unpaired) electrons. The summed E-state index contributed by atoms with van der Waals surface area (Å²) in [4.78, 5) is 27.5. The summed E-state index contributed by atoms with van der Waals surface area (Å²) in [6, 6.07) is 4.64. The first-order valence-electron chi connectivity index (χ1n) is 9.28. The number of piperazine rings is 1. The summed E-state index contributed by atoms with van der Waals surface area (Å²) in [5.74, 6) is -1.18. The number of nitrogens with zero attached hydrogens (tertiary/aromatic N) is 2. The third-order valence-corrected chi connectivity index (χ3v) is 5.08. The van der Waals surface area contributed by atoms with E-state index in [1.54, 1.807) is 6.07 Å². The van der Waals surface area contributed by atoms with Gasteiger partial charge in [-0.3, -0.25) is 14.4 Å². The fraction of sp³-hybridized carbons (Fsp3) is 0.556. The Morgan fingerprint density at radius 1 is 1.18 bits per heavy atom. The number of hydrogen-bond donors (Lipinski definition) is 3. The average molecular weight is 413 g/mol. The largest absolute Gasteiger partial charge is 0.478 e. The second-order valence-corrected chi connectivity index (χ2v) is 8.62. The number of hydrogen-bond acceptors (Lipinski definition) is 6. The number of carboxylic acid groups (broad SMARTS) is 1. The highest BCUT2D eigenvalue weighted by Crippen LogP contribution is 2.25. The number of carbonyl (C=O) groups excluding carboxylic acids is 1. The van der Waals surface area contributed by atoms with E-state index in [-0.39, 0.29) is 17.2 Å². The van der Waals surface area contributed by atoms with Crippen molar-refractivity contribution in [3.8, 4) is 0 Å². The zero-order valence-electron chi connectivity index (χ0n) is 16.3. The third-order valence-electron chi connectivity index (χ3n) is 4.49. The molecule has 10 heteroatoms. The third kappa shape index (κ3) is 6.68. The first kappa shape index (κ1) is 22.0. The number of benzene rings is 1. The molecule has 0 bridgehead atoms. The highest BCUT2D eigenvalue weighted by molar-refractivity contribution is 7.92. The van der Waals surface area contributed by atoms with E-state index in [2.05, 4.69) is 21.9 Å². The van der Waals surface area contributed by atoms with Crippen molar-refractivity contribution in [2.24, 2.45) is 0 Å². The summed E-state index contributed by atoms with van der Waals surface area (Å²) in [5, 5.41) is 12.3. The van der Waals surface area contributed by atoms with Crippen LogP contribution in [0.25, 0.3) is 0 Å². The molecular formula is C18H28N4O5S. The predicted molar refractivity (Wildman–Crippen MR) is 108 cm³/mol. The van der Waals surface area contributed by atoms with Gasteiger partial charge in [0, 0.05) is 38.4 Å². The molecule has 9 nitrogen and oxygen atoms in total. The summed E-state index contributed by atoms with van der Waals surface area (Å²) in [5.41, 5.74) is 0.658. The van der Waals surface area contributed by atoms with Gasteiger partial charge in [0.05, 0.1) is 24.1 Å². The fourth-order valence-electron chi connectivity index (χ4n) is 3.02. The summed E-state index contributed by atoms with van der Waals surface area (Å²) in [6.45, 7) is 5.81. The van der Waals surface area contributed by atoms with E-state index >= 15 is 0 Å². The molecule has 1 aromatic carbocycles. The number of nitrogens with one attached hydrogen (secondary N) is 2. The molecule has 1 saturated heterocycles. The van der Waals surface area contributed by atoms with Crippen molar-refractivity contribution in [3.63, 3.8) is 0 Å². The molecule has 156 valence electrons. The lowest BCUT2D eigenvalue weighted by Crippen LogP contribution is -2.49. The van der Waals surface area contributed by atoms with E-state index in [0.717, 1.165) is 19.1 Å². The average Bonchev–Trinajstić information content (AvgIpc) is 2.61. The molecule has 0 unspecified atom stereocenters. The second-order valence-electron chi connectivity index (χ2n) is 6.88. The van der Waals surface area contributed by atoms with Gasteiger partial charge in [-0.25, -0.2) is 13.2 Å². The molecule has 1 heterocycles. The maximum absolute atomic E-state index is 11.9.